The second-order valence-corrected chi connectivity index (χ2v) is 3.85. The van der Waals surface area contributed by atoms with Crippen molar-refractivity contribution in [3.63, 3.8) is 0 Å². The van der Waals surface area contributed by atoms with Gasteiger partial charge in [0.15, 0.2) is 0 Å². The molecule has 0 N–H and O–H groups in total. The van der Waals surface area contributed by atoms with Crippen molar-refractivity contribution >= 4 is 0 Å². The summed E-state index contributed by atoms with van der Waals surface area (Å²) in [4.78, 5) is 0. The molecular weight excluding hydrogens is 274 g/mol. The monoisotopic (exact) mass is 281 g/mol. The Bertz CT molecular complexity index is 674. The van der Waals surface area contributed by atoms with E-state index in [4.69, 9.17) is 5.26 Å². The van der Waals surface area contributed by atoms with E-state index in [1.54, 1.807) is 6.07 Å². The van der Waals surface area contributed by atoms with Crippen LogP contribution in [0.1, 0.15) is 5.56 Å². The number of hydrogen-bond acceptors (Lipinski definition) is 2. The van der Waals surface area contributed by atoms with Crippen molar-refractivity contribution in [3.05, 3.63) is 53.8 Å². The van der Waals surface area contributed by atoms with Crippen molar-refractivity contribution < 1.29 is 22.3 Å². The third-order valence-corrected chi connectivity index (χ3v) is 2.50. The zero-order valence-electron chi connectivity index (χ0n) is 9.91. The molecule has 2 aromatic carbocycles. The Labute approximate surface area is 111 Å². The maximum Gasteiger partial charge on any atom is 0.573 e. The molecule has 2 aromatic rings. The Hall–Kier alpha value is -2.55. The van der Waals surface area contributed by atoms with Gasteiger partial charge < -0.3 is 4.74 Å². The van der Waals surface area contributed by atoms with Crippen LogP contribution in [0.5, 0.6) is 5.75 Å². The highest BCUT2D eigenvalue weighted by Gasteiger charge is 2.31. The molecule has 0 atom stereocenters. The molecule has 0 aliphatic rings. The lowest BCUT2D eigenvalue weighted by molar-refractivity contribution is -0.274. The molecule has 0 aromatic heterocycles. The first-order chi connectivity index (χ1) is 9.40. The van der Waals surface area contributed by atoms with Gasteiger partial charge >= 0.3 is 6.36 Å². The first-order valence-electron chi connectivity index (χ1n) is 5.45. The standard InChI is InChI=1S/C14H7F4NO/c15-13-10(8-19)4-2-6-12(13)9-3-1-5-11(7-9)20-14(16,17)18/h1-7H. The fraction of sp³-hybridized carbons (Fsp3) is 0.0714. The second kappa shape index (κ2) is 5.21. The molecule has 0 aliphatic carbocycles. The highest BCUT2D eigenvalue weighted by atomic mass is 19.4. The van der Waals surface area contributed by atoms with Gasteiger partial charge in [0.2, 0.25) is 0 Å². The second-order valence-electron chi connectivity index (χ2n) is 3.85. The molecule has 20 heavy (non-hydrogen) atoms. The van der Waals surface area contributed by atoms with E-state index in [-0.39, 0.29) is 16.7 Å². The molecule has 0 saturated carbocycles. The Morgan fingerprint density at radius 1 is 1.05 bits per heavy atom. The molecule has 0 spiro atoms. The molecule has 2 nitrogen and oxygen atoms in total. The Kier molecular flexibility index (Phi) is 3.61. The molecule has 0 amide bonds. The van der Waals surface area contributed by atoms with Gasteiger partial charge in [-0.15, -0.1) is 13.2 Å². The summed E-state index contributed by atoms with van der Waals surface area (Å²) in [6.07, 6.45) is -4.81. The number of benzene rings is 2. The van der Waals surface area contributed by atoms with Crippen molar-refractivity contribution in [2.24, 2.45) is 0 Å². The van der Waals surface area contributed by atoms with Crippen molar-refractivity contribution in [2.45, 2.75) is 6.36 Å². The Morgan fingerprint density at radius 3 is 2.40 bits per heavy atom. The summed E-state index contributed by atoms with van der Waals surface area (Å²) in [7, 11) is 0. The van der Waals surface area contributed by atoms with Gasteiger partial charge in [0.1, 0.15) is 17.6 Å². The third kappa shape index (κ3) is 3.06. The fourth-order valence-corrected chi connectivity index (χ4v) is 1.70. The normalized spacial score (nSPS) is 10.9. The molecule has 102 valence electrons. The van der Waals surface area contributed by atoms with E-state index >= 15 is 0 Å². The molecule has 0 fully saturated rings. The molecule has 0 unspecified atom stereocenters. The van der Waals surface area contributed by atoms with E-state index in [1.807, 2.05) is 0 Å². The van der Waals surface area contributed by atoms with Crippen LogP contribution in [0, 0.1) is 17.1 Å². The highest BCUT2D eigenvalue weighted by Crippen LogP contribution is 2.30. The predicted molar refractivity (Wildman–Crippen MR) is 63.2 cm³/mol. The maximum absolute atomic E-state index is 13.9. The van der Waals surface area contributed by atoms with E-state index in [0.717, 1.165) is 12.1 Å². The smallest absolute Gasteiger partial charge is 0.406 e. The van der Waals surface area contributed by atoms with Crippen LogP contribution < -0.4 is 4.74 Å². The van der Waals surface area contributed by atoms with E-state index in [0.29, 0.717) is 0 Å². The van der Waals surface area contributed by atoms with Gasteiger partial charge in [-0.3, -0.25) is 0 Å². The third-order valence-electron chi connectivity index (χ3n) is 2.50. The summed E-state index contributed by atoms with van der Waals surface area (Å²) in [5, 5.41) is 8.73. The first kappa shape index (κ1) is 13.9. The average molecular weight is 281 g/mol. The summed E-state index contributed by atoms with van der Waals surface area (Å²) < 4.78 is 54.1. The van der Waals surface area contributed by atoms with Crippen molar-refractivity contribution in [2.75, 3.05) is 0 Å². The minimum Gasteiger partial charge on any atom is -0.406 e. The number of alkyl halides is 3. The molecular formula is C14H7F4NO. The number of nitrogens with zero attached hydrogens (tertiary/aromatic N) is 1. The van der Waals surface area contributed by atoms with E-state index in [2.05, 4.69) is 4.74 Å². The fourth-order valence-electron chi connectivity index (χ4n) is 1.70. The van der Waals surface area contributed by atoms with Crippen LogP contribution in [-0.4, -0.2) is 6.36 Å². The van der Waals surface area contributed by atoms with Crippen molar-refractivity contribution in [3.8, 4) is 22.9 Å². The minimum absolute atomic E-state index is 0.0386. The van der Waals surface area contributed by atoms with Crippen molar-refractivity contribution in [1.29, 1.82) is 5.26 Å². The lowest BCUT2D eigenvalue weighted by Gasteiger charge is -2.10. The van der Waals surface area contributed by atoms with Gasteiger partial charge in [-0.1, -0.05) is 24.3 Å². The zero-order chi connectivity index (χ0) is 14.8. The highest BCUT2D eigenvalue weighted by molar-refractivity contribution is 5.67. The van der Waals surface area contributed by atoms with Crippen LogP contribution in [0.4, 0.5) is 17.6 Å². The summed E-state index contributed by atoms with van der Waals surface area (Å²) in [5.74, 6) is -1.23. The average Bonchev–Trinajstić information content (AvgIpc) is 2.37. The van der Waals surface area contributed by atoms with Gasteiger partial charge in [0.25, 0.3) is 0 Å². The molecule has 2 rings (SSSR count). The van der Waals surface area contributed by atoms with E-state index in [9.17, 15) is 17.6 Å². The Morgan fingerprint density at radius 2 is 1.75 bits per heavy atom. The molecule has 0 heterocycles. The number of ether oxygens (including phenoxy) is 1. The van der Waals surface area contributed by atoms with Gasteiger partial charge in [-0.2, -0.15) is 5.26 Å². The summed E-state index contributed by atoms with van der Waals surface area (Å²) in [6, 6.07) is 10.7. The number of nitriles is 1. The van der Waals surface area contributed by atoms with Gasteiger partial charge in [0.05, 0.1) is 5.56 Å². The van der Waals surface area contributed by atoms with Crippen LogP contribution in [0.3, 0.4) is 0 Å². The summed E-state index contributed by atoms with van der Waals surface area (Å²) in [6.45, 7) is 0. The SMILES string of the molecule is N#Cc1cccc(-c2cccc(OC(F)(F)F)c2)c1F. The van der Waals surface area contributed by atoms with Crippen LogP contribution in [0.2, 0.25) is 0 Å². The van der Waals surface area contributed by atoms with Gasteiger partial charge in [-0.25, -0.2) is 4.39 Å². The van der Waals surface area contributed by atoms with Gasteiger partial charge in [-0.05, 0) is 23.8 Å². The maximum atomic E-state index is 13.9. The number of rotatable bonds is 2. The summed E-state index contributed by atoms with van der Waals surface area (Å²) >= 11 is 0. The van der Waals surface area contributed by atoms with E-state index in [1.165, 1.54) is 30.3 Å². The van der Waals surface area contributed by atoms with Crippen LogP contribution in [0.25, 0.3) is 11.1 Å². The first-order valence-corrected chi connectivity index (χ1v) is 5.45. The zero-order valence-corrected chi connectivity index (χ0v) is 9.91. The molecule has 0 bridgehead atoms. The number of hydrogen-bond donors (Lipinski definition) is 0. The predicted octanol–water partition coefficient (Wildman–Crippen LogP) is 4.26. The number of halogens is 4. The van der Waals surface area contributed by atoms with Crippen LogP contribution >= 0.6 is 0 Å². The Balaban J connectivity index is 2.44. The largest absolute Gasteiger partial charge is 0.573 e. The lowest BCUT2D eigenvalue weighted by atomic mass is 10.0. The van der Waals surface area contributed by atoms with Crippen LogP contribution in [0.15, 0.2) is 42.5 Å². The molecule has 6 heteroatoms. The molecule has 0 aliphatic heterocycles. The molecule has 0 radical (unpaired) electrons. The van der Waals surface area contributed by atoms with Crippen molar-refractivity contribution in [1.82, 2.24) is 0 Å². The minimum atomic E-state index is -4.81. The summed E-state index contributed by atoms with van der Waals surface area (Å²) in [5.41, 5.74) is 0.0580. The topological polar surface area (TPSA) is 33.0 Å². The van der Waals surface area contributed by atoms with Crippen LogP contribution in [-0.2, 0) is 0 Å². The quantitative estimate of drug-likeness (QED) is 0.770. The lowest BCUT2D eigenvalue weighted by Crippen LogP contribution is -2.17. The van der Waals surface area contributed by atoms with E-state index < -0.39 is 17.9 Å². The molecule has 0 saturated heterocycles. The van der Waals surface area contributed by atoms with Gasteiger partial charge in [0, 0.05) is 5.56 Å².